The van der Waals surface area contributed by atoms with E-state index in [1.165, 1.54) is 25.7 Å². The van der Waals surface area contributed by atoms with E-state index < -0.39 is 31.3 Å². The molecule has 134 valence electrons. The van der Waals surface area contributed by atoms with Crippen molar-refractivity contribution >= 4 is 15.7 Å². The molecular weight excluding hydrogens is 337 g/mol. The van der Waals surface area contributed by atoms with Gasteiger partial charge in [0.15, 0.2) is 4.90 Å². The van der Waals surface area contributed by atoms with Gasteiger partial charge in [-0.05, 0) is 25.0 Å². The van der Waals surface area contributed by atoms with Gasteiger partial charge in [0, 0.05) is 19.1 Å². The Bertz CT molecular complexity index is 673. The Balaban J connectivity index is 1.94. The summed E-state index contributed by atoms with van der Waals surface area (Å²) >= 11 is 0. The van der Waals surface area contributed by atoms with Gasteiger partial charge in [-0.3, -0.25) is 10.1 Å². The van der Waals surface area contributed by atoms with Crippen LogP contribution in [0.15, 0.2) is 23.1 Å². The first-order valence-corrected chi connectivity index (χ1v) is 9.56. The second-order valence-electron chi connectivity index (χ2n) is 5.88. The fourth-order valence-corrected chi connectivity index (χ4v) is 4.12. The molecule has 1 aliphatic rings. The highest BCUT2D eigenvalue weighted by molar-refractivity contribution is 7.89. The van der Waals surface area contributed by atoms with Crippen LogP contribution in [-0.4, -0.2) is 32.5 Å². The van der Waals surface area contributed by atoms with Gasteiger partial charge in [-0.15, -0.1) is 0 Å². The second kappa shape index (κ2) is 8.50. The molecule has 1 aliphatic carbocycles. The largest absolute Gasteiger partial charge is 0.324 e. The summed E-state index contributed by atoms with van der Waals surface area (Å²) in [5, 5.41) is 14.2. The van der Waals surface area contributed by atoms with E-state index in [2.05, 4.69) is 10.0 Å². The molecule has 1 saturated carbocycles. The smallest absolute Gasteiger partial charge is 0.313 e. The molecule has 0 unspecified atom stereocenters. The molecule has 0 amide bonds. The van der Waals surface area contributed by atoms with Gasteiger partial charge < -0.3 is 5.32 Å². The number of sulfonamides is 1. The molecule has 0 aliphatic heterocycles. The molecule has 1 aromatic rings. The number of nitrogens with one attached hydrogen (secondary N) is 2. The Morgan fingerprint density at radius 2 is 1.83 bits per heavy atom. The first kappa shape index (κ1) is 18.8. The van der Waals surface area contributed by atoms with Crippen LogP contribution in [0.4, 0.5) is 10.1 Å². The number of nitro benzene ring substituents is 1. The molecule has 0 heterocycles. The lowest BCUT2D eigenvalue weighted by Gasteiger charge is -2.16. The molecule has 7 nitrogen and oxygen atoms in total. The van der Waals surface area contributed by atoms with E-state index in [-0.39, 0.29) is 6.54 Å². The molecule has 24 heavy (non-hydrogen) atoms. The number of hydrogen-bond acceptors (Lipinski definition) is 5. The number of halogens is 1. The first-order valence-electron chi connectivity index (χ1n) is 8.08. The van der Waals surface area contributed by atoms with E-state index in [1.807, 2.05) is 0 Å². The molecule has 0 bridgehead atoms. The predicted octanol–water partition coefficient (Wildman–Crippen LogP) is 2.32. The van der Waals surface area contributed by atoms with Crippen LogP contribution in [0.25, 0.3) is 0 Å². The maximum absolute atomic E-state index is 13.6. The normalized spacial score (nSPS) is 16.7. The Kier molecular flexibility index (Phi) is 6.64. The van der Waals surface area contributed by atoms with Crippen molar-refractivity contribution in [1.29, 1.82) is 0 Å². The van der Waals surface area contributed by atoms with Crippen LogP contribution >= 0.6 is 0 Å². The van der Waals surface area contributed by atoms with Crippen LogP contribution in [0.1, 0.15) is 38.5 Å². The third-order valence-electron chi connectivity index (χ3n) is 4.13. The average Bonchev–Trinajstić information content (AvgIpc) is 2.79. The molecule has 9 heteroatoms. The number of benzene rings is 1. The molecule has 0 spiro atoms. The Morgan fingerprint density at radius 3 is 2.46 bits per heavy atom. The van der Waals surface area contributed by atoms with E-state index in [9.17, 15) is 22.9 Å². The summed E-state index contributed by atoms with van der Waals surface area (Å²) in [5.74, 6) is -1.17. The lowest BCUT2D eigenvalue weighted by molar-refractivity contribution is -0.390. The molecule has 0 aromatic heterocycles. The van der Waals surface area contributed by atoms with Crippen molar-refractivity contribution in [2.45, 2.75) is 49.5 Å². The Hall–Kier alpha value is -1.58. The zero-order valence-electron chi connectivity index (χ0n) is 13.3. The lowest BCUT2D eigenvalue weighted by Crippen LogP contribution is -2.37. The Morgan fingerprint density at radius 1 is 1.17 bits per heavy atom. The molecular formula is C15H22FN3O4S. The van der Waals surface area contributed by atoms with Gasteiger partial charge in [0.05, 0.1) is 4.92 Å². The van der Waals surface area contributed by atoms with E-state index in [1.54, 1.807) is 0 Å². The summed E-state index contributed by atoms with van der Waals surface area (Å²) in [6.07, 6.45) is 6.93. The van der Waals surface area contributed by atoms with Gasteiger partial charge >= 0.3 is 5.69 Å². The fraction of sp³-hybridized carbons (Fsp3) is 0.600. The SMILES string of the molecule is O=[N+]([O-])c1c(F)cccc1S(=O)(=O)NCCNC1CCCCCC1. The second-order valence-corrected chi connectivity index (χ2v) is 7.62. The summed E-state index contributed by atoms with van der Waals surface area (Å²) in [6.45, 7) is 0.513. The third-order valence-corrected chi connectivity index (χ3v) is 5.62. The highest BCUT2D eigenvalue weighted by Gasteiger charge is 2.29. The standard InChI is InChI=1S/C15H22FN3O4S/c16-13-8-5-9-14(15(13)19(20)21)24(22,23)18-11-10-17-12-6-3-1-2-4-7-12/h5,8-9,12,17-18H,1-4,6-7,10-11H2. The quantitative estimate of drug-likeness (QED) is 0.337. The summed E-state index contributed by atoms with van der Waals surface area (Å²) < 4.78 is 40.3. The number of hydrogen-bond donors (Lipinski definition) is 2. The van der Waals surface area contributed by atoms with Crippen molar-refractivity contribution in [3.05, 3.63) is 34.1 Å². The summed E-state index contributed by atoms with van der Waals surface area (Å²) in [6, 6.07) is 3.41. The van der Waals surface area contributed by atoms with Crippen molar-refractivity contribution in [3.8, 4) is 0 Å². The van der Waals surface area contributed by atoms with Gasteiger partial charge in [0.2, 0.25) is 15.8 Å². The van der Waals surface area contributed by atoms with Crippen LogP contribution in [0, 0.1) is 15.9 Å². The highest BCUT2D eigenvalue weighted by atomic mass is 32.2. The molecule has 0 saturated heterocycles. The summed E-state index contributed by atoms with van der Waals surface area (Å²) in [7, 11) is -4.14. The zero-order chi connectivity index (χ0) is 17.6. The minimum absolute atomic E-state index is 0.0898. The monoisotopic (exact) mass is 359 g/mol. The van der Waals surface area contributed by atoms with Crippen molar-refractivity contribution in [2.24, 2.45) is 0 Å². The van der Waals surface area contributed by atoms with Crippen LogP contribution in [-0.2, 0) is 10.0 Å². The van der Waals surface area contributed by atoms with Crippen LogP contribution in [0.2, 0.25) is 0 Å². The molecule has 0 radical (unpaired) electrons. The minimum atomic E-state index is -4.14. The number of rotatable bonds is 7. The van der Waals surface area contributed by atoms with Crippen molar-refractivity contribution in [3.63, 3.8) is 0 Å². The van der Waals surface area contributed by atoms with Gasteiger partial charge in [-0.1, -0.05) is 31.7 Å². The van der Waals surface area contributed by atoms with Gasteiger partial charge in [0.1, 0.15) is 0 Å². The van der Waals surface area contributed by atoms with Crippen molar-refractivity contribution in [2.75, 3.05) is 13.1 Å². The number of nitro groups is 1. The van der Waals surface area contributed by atoms with Crippen LogP contribution < -0.4 is 10.0 Å². The van der Waals surface area contributed by atoms with Gasteiger partial charge in [-0.25, -0.2) is 13.1 Å². The molecule has 2 N–H and O–H groups in total. The van der Waals surface area contributed by atoms with Crippen molar-refractivity contribution < 1.29 is 17.7 Å². The molecule has 2 rings (SSSR count). The number of para-hydroxylation sites is 1. The van der Waals surface area contributed by atoms with Gasteiger partial charge in [0.25, 0.3) is 0 Å². The zero-order valence-corrected chi connectivity index (χ0v) is 14.1. The minimum Gasteiger partial charge on any atom is -0.313 e. The maximum atomic E-state index is 13.6. The highest BCUT2D eigenvalue weighted by Crippen LogP contribution is 2.26. The maximum Gasteiger partial charge on any atom is 0.324 e. The molecule has 1 fully saturated rings. The predicted molar refractivity (Wildman–Crippen MR) is 87.7 cm³/mol. The number of nitrogens with zero attached hydrogens (tertiary/aromatic N) is 1. The fourth-order valence-electron chi connectivity index (χ4n) is 2.91. The van der Waals surface area contributed by atoms with Gasteiger partial charge in [-0.2, -0.15) is 4.39 Å². The van der Waals surface area contributed by atoms with E-state index in [4.69, 9.17) is 0 Å². The van der Waals surface area contributed by atoms with Crippen LogP contribution in [0.5, 0.6) is 0 Å². The molecule has 0 atom stereocenters. The van der Waals surface area contributed by atoms with Crippen LogP contribution in [0.3, 0.4) is 0 Å². The molecule has 1 aromatic carbocycles. The third kappa shape index (κ3) is 4.96. The summed E-state index contributed by atoms with van der Waals surface area (Å²) in [4.78, 5) is 9.25. The topological polar surface area (TPSA) is 101 Å². The van der Waals surface area contributed by atoms with E-state index >= 15 is 0 Å². The first-order chi connectivity index (χ1) is 11.4. The van der Waals surface area contributed by atoms with E-state index in [0.717, 1.165) is 31.0 Å². The average molecular weight is 359 g/mol. The van der Waals surface area contributed by atoms with Crippen molar-refractivity contribution in [1.82, 2.24) is 10.0 Å². The lowest BCUT2D eigenvalue weighted by atomic mass is 10.1. The summed E-state index contributed by atoms with van der Waals surface area (Å²) in [5.41, 5.74) is -1.03. The Labute approximate surface area is 140 Å². The van der Waals surface area contributed by atoms with E-state index in [0.29, 0.717) is 12.6 Å².